The minimum absolute atomic E-state index is 0.0165. The van der Waals surface area contributed by atoms with Gasteiger partial charge in [-0.3, -0.25) is 4.79 Å². The summed E-state index contributed by atoms with van der Waals surface area (Å²) in [5, 5.41) is 6.54. The van der Waals surface area contributed by atoms with Gasteiger partial charge in [-0.1, -0.05) is 13.8 Å². The molecule has 19 heavy (non-hydrogen) atoms. The summed E-state index contributed by atoms with van der Waals surface area (Å²) in [5.74, 6) is 0.146. The molecule has 1 saturated heterocycles. The molecule has 0 bridgehead atoms. The molecule has 0 aromatic rings. The second-order valence-electron chi connectivity index (χ2n) is 6.10. The molecule has 4 nitrogen and oxygen atoms in total. The zero-order valence-electron chi connectivity index (χ0n) is 12.5. The highest BCUT2D eigenvalue weighted by Gasteiger charge is 2.35. The zero-order valence-corrected chi connectivity index (χ0v) is 12.5. The number of carbonyl (C=O) groups is 1. The van der Waals surface area contributed by atoms with Crippen molar-refractivity contribution >= 4 is 5.91 Å². The van der Waals surface area contributed by atoms with Gasteiger partial charge in [-0.05, 0) is 45.4 Å². The van der Waals surface area contributed by atoms with E-state index in [2.05, 4.69) is 24.5 Å². The first kappa shape index (κ1) is 14.8. The first-order chi connectivity index (χ1) is 9.08. The van der Waals surface area contributed by atoms with Crippen molar-refractivity contribution in [1.29, 1.82) is 0 Å². The highest BCUT2D eigenvalue weighted by atomic mass is 16.5. The first-order valence-electron chi connectivity index (χ1n) is 7.79. The largest absolute Gasteiger partial charge is 0.375 e. The molecular weight excluding hydrogens is 240 g/mol. The van der Waals surface area contributed by atoms with Gasteiger partial charge in [0, 0.05) is 18.7 Å². The maximum atomic E-state index is 12.0. The van der Waals surface area contributed by atoms with Crippen LogP contribution in [0.3, 0.4) is 0 Å². The number of amides is 1. The van der Waals surface area contributed by atoms with Crippen molar-refractivity contribution < 1.29 is 9.53 Å². The van der Waals surface area contributed by atoms with Gasteiger partial charge in [-0.15, -0.1) is 0 Å². The van der Waals surface area contributed by atoms with Gasteiger partial charge in [0.05, 0.1) is 11.6 Å². The van der Waals surface area contributed by atoms with E-state index in [9.17, 15) is 4.79 Å². The monoisotopic (exact) mass is 268 g/mol. The lowest BCUT2D eigenvalue weighted by molar-refractivity contribution is -0.124. The highest BCUT2D eigenvalue weighted by Crippen LogP contribution is 2.31. The Hall–Kier alpha value is -0.610. The van der Waals surface area contributed by atoms with Gasteiger partial charge in [-0.2, -0.15) is 0 Å². The van der Waals surface area contributed by atoms with Crippen molar-refractivity contribution in [2.24, 2.45) is 0 Å². The van der Waals surface area contributed by atoms with Crippen LogP contribution < -0.4 is 10.6 Å². The Morgan fingerprint density at radius 2 is 1.95 bits per heavy atom. The summed E-state index contributed by atoms with van der Waals surface area (Å²) in [6.45, 7) is 7.15. The van der Waals surface area contributed by atoms with E-state index < -0.39 is 0 Å². The Morgan fingerprint density at radius 1 is 1.26 bits per heavy atom. The molecule has 1 amide bonds. The van der Waals surface area contributed by atoms with E-state index in [-0.39, 0.29) is 17.6 Å². The summed E-state index contributed by atoms with van der Waals surface area (Å²) in [7, 11) is 0. The second-order valence-corrected chi connectivity index (χ2v) is 6.10. The maximum Gasteiger partial charge on any atom is 0.237 e. The fourth-order valence-corrected chi connectivity index (χ4v) is 2.90. The molecule has 1 aliphatic heterocycles. The van der Waals surface area contributed by atoms with Gasteiger partial charge in [0.15, 0.2) is 0 Å². The lowest BCUT2D eigenvalue weighted by atomic mass is 9.85. The molecule has 0 spiro atoms. The second kappa shape index (κ2) is 6.23. The Labute approximate surface area is 116 Å². The molecule has 2 fully saturated rings. The minimum Gasteiger partial charge on any atom is -0.375 e. The molecule has 1 aliphatic carbocycles. The number of carbonyl (C=O) groups excluding carboxylic acids is 1. The maximum absolute atomic E-state index is 12.0. The van der Waals surface area contributed by atoms with Gasteiger partial charge in [0.1, 0.15) is 0 Å². The number of hydrogen-bond acceptors (Lipinski definition) is 3. The van der Waals surface area contributed by atoms with Crippen LogP contribution in [0.4, 0.5) is 0 Å². The van der Waals surface area contributed by atoms with Crippen molar-refractivity contribution in [1.82, 2.24) is 10.6 Å². The van der Waals surface area contributed by atoms with Crippen LogP contribution in [0.25, 0.3) is 0 Å². The van der Waals surface area contributed by atoms with Crippen molar-refractivity contribution in [3.63, 3.8) is 0 Å². The number of rotatable bonds is 6. The van der Waals surface area contributed by atoms with E-state index in [1.807, 2.05) is 6.92 Å². The molecule has 2 atom stereocenters. The first-order valence-corrected chi connectivity index (χ1v) is 7.79. The minimum atomic E-state index is -0.102. The molecular formula is C15H28N2O2. The SMILES string of the molecule is CCC1(CC)CC(NC(C)C(=O)NC2CC2)CCO1. The molecule has 2 aliphatic rings. The van der Waals surface area contributed by atoms with E-state index in [1.165, 1.54) is 0 Å². The van der Waals surface area contributed by atoms with Crippen LogP contribution in [0.5, 0.6) is 0 Å². The molecule has 1 heterocycles. The van der Waals surface area contributed by atoms with E-state index in [1.54, 1.807) is 0 Å². The van der Waals surface area contributed by atoms with E-state index in [0.29, 0.717) is 12.1 Å². The fourth-order valence-electron chi connectivity index (χ4n) is 2.90. The third-order valence-electron chi connectivity index (χ3n) is 4.58. The van der Waals surface area contributed by atoms with Crippen LogP contribution in [0, 0.1) is 0 Å². The van der Waals surface area contributed by atoms with Gasteiger partial charge in [-0.25, -0.2) is 0 Å². The highest BCUT2D eigenvalue weighted by molar-refractivity contribution is 5.81. The van der Waals surface area contributed by atoms with Crippen LogP contribution in [-0.2, 0) is 9.53 Å². The Balaban J connectivity index is 1.82. The number of ether oxygens (including phenoxy) is 1. The van der Waals surface area contributed by atoms with Gasteiger partial charge in [0.2, 0.25) is 5.91 Å². The predicted molar refractivity (Wildman–Crippen MR) is 76.0 cm³/mol. The van der Waals surface area contributed by atoms with Crippen molar-refractivity contribution in [2.45, 2.75) is 83.0 Å². The van der Waals surface area contributed by atoms with E-state index >= 15 is 0 Å². The topological polar surface area (TPSA) is 50.4 Å². The fraction of sp³-hybridized carbons (Fsp3) is 0.933. The van der Waals surface area contributed by atoms with E-state index in [4.69, 9.17) is 4.74 Å². The van der Waals surface area contributed by atoms with Gasteiger partial charge in [0.25, 0.3) is 0 Å². The van der Waals surface area contributed by atoms with Crippen molar-refractivity contribution in [3.8, 4) is 0 Å². The summed E-state index contributed by atoms with van der Waals surface area (Å²) >= 11 is 0. The molecule has 2 rings (SSSR count). The average Bonchev–Trinajstić information content (AvgIpc) is 3.22. The lowest BCUT2D eigenvalue weighted by Gasteiger charge is -2.41. The quantitative estimate of drug-likeness (QED) is 0.774. The molecule has 0 aromatic heterocycles. The molecule has 1 saturated carbocycles. The van der Waals surface area contributed by atoms with Crippen molar-refractivity contribution in [2.75, 3.05) is 6.61 Å². The molecule has 4 heteroatoms. The number of nitrogens with one attached hydrogen (secondary N) is 2. The summed E-state index contributed by atoms with van der Waals surface area (Å²) in [6, 6.07) is 0.737. The summed E-state index contributed by atoms with van der Waals surface area (Å²) < 4.78 is 5.97. The summed E-state index contributed by atoms with van der Waals surface area (Å²) in [6.07, 6.45) is 6.40. The summed E-state index contributed by atoms with van der Waals surface area (Å²) in [4.78, 5) is 12.0. The van der Waals surface area contributed by atoms with Gasteiger partial charge < -0.3 is 15.4 Å². The predicted octanol–water partition coefficient (Wildman–Crippen LogP) is 1.98. The Kier molecular flexibility index (Phi) is 4.85. The van der Waals surface area contributed by atoms with E-state index in [0.717, 1.165) is 45.1 Å². The van der Waals surface area contributed by atoms with Crippen LogP contribution in [0.15, 0.2) is 0 Å². The lowest BCUT2D eigenvalue weighted by Crippen LogP contribution is -2.52. The molecule has 2 N–H and O–H groups in total. The molecule has 0 aromatic carbocycles. The third-order valence-corrected chi connectivity index (χ3v) is 4.58. The van der Waals surface area contributed by atoms with Crippen LogP contribution in [0.1, 0.15) is 59.3 Å². The molecule has 2 unspecified atom stereocenters. The molecule has 0 radical (unpaired) electrons. The molecule has 110 valence electrons. The average molecular weight is 268 g/mol. The standard InChI is InChI=1S/C15H28N2O2/c1-4-15(5-2)10-13(8-9-19-15)16-11(3)14(18)17-12-6-7-12/h11-13,16H,4-10H2,1-3H3,(H,17,18). The van der Waals surface area contributed by atoms with Crippen LogP contribution in [-0.4, -0.2) is 36.2 Å². The van der Waals surface area contributed by atoms with Gasteiger partial charge >= 0.3 is 0 Å². The Bertz CT molecular complexity index is 311. The van der Waals surface area contributed by atoms with Crippen molar-refractivity contribution in [3.05, 3.63) is 0 Å². The summed E-state index contributed by atoms with van der Waals surface area (Å²) in [5.41, 5.74) is 0.0165. The zero-order chi connectivity index (χ0) is 13.9. The van der Waals surface area contributed by atoms with Crippen LogP contribution >= 0.6 is 0 Å². The number of hydrogen-bond donors (Lipinski definition) is 2. The Morgan fingerprint density at radius 3 is 2.53 bits per heavy atom. The third kappa shape index (κ3) is 3.93. The smallest absolute Gasteiger partial charge is 0.237 e. The normalized spacial score (nSPS) is 27.8. The van der Waals surface area contributed by atoms with Crippen LogP contribution in [0.2, 0.25) is 0 Å².